The molecule has 4 saturated heterocycles. The number of hydrogen-bond donors (Lipinski definition) is 9. The Morgan fingerprint density at radius 1 is 1.12 bits per heavy atom. The van der Waals surface area contributed by atoms with E-state index >= 15 is 0 Å². The van der Waals surface area contributed by atoms with Crippen LogP contribution in [0.1, 0.15) is 64.5 Å². The maximum atomic E-state index is 13.5. The molecular formula is C37H60N11O16P2S-. The van der Waals surface area contributed by atoms with E-state index in [1.165, 1.54) is 6.92 Å². The molecule has 2 unspecified atom stereocenters. The van der Waals surface area contributed by atoms with Crippen molar-refractivity contribution in [1.29, 1.82) is 0 Å². The van der Waals surface area contributed by atoms with Crippen molar-refractivity contribution in [3.63, 3.8) is 0 Å². The number of fused-ring (bicyclic) bond motifs is 2. The van der Waals surface area contributed by atoms with Crippen molar-refractivity contribution in [2.24, 2.45) is 4.99 Å². The van der Waals surface area contributed by atoms with Gasteiger partial charge in [-0.05, 0) is 57.9 Å². The smallest absolute Gasteiger partial charge is 0.472 e. The van der Waals surface area contributed by atoms with Crippen molar-refractivity contribution < 1.29 is 71.3 Å². The number of nitrogen functional groups attached to an aromatic ring is 1. The molecule has 6 rings (SSSR count). The average Bonchev–Trinajstić information content (AvgIpc) is 4.13. The lowest BCUT2D eigenvalue weighted by molar-refractivity contribution is -0.226. The van der Waals surface area contributed by atoms with E-state index in [1.54, 1.807) is 0 Å². The first-order valence-corrected chi connectivity index (χ1v) is 26.2. The van der Waals surface area contributed by atoms with Crippen LogP contribution in [0.15, 0.2) is 16.1 Å². The Morgan fingerprint density at radius 3 is 2.69 bits per heavy atom. The van der Waals surface area contributed by atoms with Crippen LogP contribution < -0.4 is 47.8 Å². The summed E-state index contributed by atoms with van der Waals surface area (Å²) < 4.78 is 52.1. The molecule has 2 aromatic rings. The fourth-order valence-corrected chi connectivity index (χ4v) is 11.5. The number of thioether (sulfide) groups is 1. The third kappa shape index (κ3) is 15.2. The number of imidazole rings is 1. The molecule has 0 aromatic carbocycles. The number of phosphoric acid groups is 1. The SMILES string of the molecule is CCO[P+]([O-])(NC(=O)[C@@H]1CCCN1)OC[C@H]1O[C@@H](n2c(=O)[nH]c3c(N)ncnc32)[C@H](OP(=O)(O)OCCOCCOCCNC(=O)CCCN=C([O-])CCCC[C@@H]2SC[C@@H]3NC(=O)N[C@@H]32)[C@@H]1O. The molecule has 27 nitrogen and oxygen atoms in total. The molecule has 10 N–H and O–H groups in total. The molecule has 4 aliphatic heterocycles. The first-order valence-electron chi connectivity index (χ1n) is 22.1. The van der Waals surface area contributed by atoms with Crippen LogP contribution >= 0.6 is 27.7 Å². The van der Waals surface area contributed by atoms with E-state index in [1.807, 2.05) is 11.8 Å². The maximum absolute atomic E-state index is 13.5. The predicted molar refractivity (Wildman–Crippen MR) is 237 cm³/mol. The summed E-state index contributed by atoms with van der Waals surface area (Å²) in [6.07, 6.45) is -0.967. The number of aliphatic imine (C=N–C) groups is 1. The summed E-state index contributed by atoms with van der Waals surface area (Å²) >= 11 is 1.84. The zero-order chi connectivity index (χ0) is 48.0. The maximum Gasteiger partial charge on any atom is 0.472 e. The Labute approximate surface area is 390 Å². The summed E-state index contributed by atoms with van der Waals surface area (Å²) in [6, 6.07) is -0.407. The number of aromatic nitrogens is 4. The Morgan fingerprint density at radius 2 is 1.91 bits per heavy atom. The fraction of sp³-hybridized carbons (Fsp3) is 0.757. The average molecular weight is 1010 g/mol. The molecule has 4 amide bonds. The molecule has 0 bridgehead atoms. The van der Waals surface area contributed by atoms with Crippen LogP contribution in [-0.2, 0) is 46.5 Å². The van der Waals surface area contributed by atoms with Crippen LogP contribution in [0.5, 0.6) is 0 Å². The number of aliphatic hydroxyl groups excluding tert-OH is 1. The van der Waals surface area contributed by atoms with Crippen molar-refractivity contribution in [2.45, 2.75) is 106 Å². The number of urea groups is 1. The van der Waals surface area contributed by atoms with E-state index < -0.39 is 71.3 Å². The van der Waals surface area contributed by atoms with Crippen LogP contribution in [0.4, 0.5) is 10.6 Å². The highest BCUT2D eigenvalue weighted by Gasteiger charge is 2.52. The second kappa shape index (κ2) is 25.3. The molecule has 67 heavy (non-hydrogen) atoms. The lowest BCUT2D eigenvalue weighted by Crippen LogP contribution is -2.44. The van der Waals surface area contributed by atoms with Gasteiger partial charge < -0.3 is 71.2 Å². The highest BCUT2D eigenvalue weighted by Crippen LogP contribution is 2.51. The van der Waals surface area contributed by atoms with E-state index in [0.29, 0.717) is 31.1 Å². The Bertz CT molecular complexity index is 2100. The van der Waals surface area contributed by atoms with Gasteiger partial charge in [-0.25, -0.2) is 28.7 Å². The van der Waals surface area contributed by atoms with E-state index in [9.17, 15) is 43.7 Å². The van der Waals surface area contributed by atoms with Crippen LogP contribution in [0.25, 0.3) is 11.2 Å². The highest BCUT2D eigenvalue weighted by molar-refractivity contribution is 8.00. The van der Waals surface area contributed by atoms with Crippen LogP contribution in [-0.4, -0.2) is 167 Å². The second-order valence-corrected chi connectivity index (χ2v) is 20.3. The number of aromatic amines is 1. The molecule has 2 aromatic heterocycles. The molecule has 376 valence electrons. The quantitative estimate of drug-likeness (QED) is 0.0138. The number of nitrogens with two attached hydrogens (primary N) is 1. The fourth-order valence-electron chi connectivity index (χ4n) is 7.79. The normalized spacial score (nSPS) is 26.8. The zero-order valence-electron chi connectivity index (χ0n) is 36.9. The zero-order valence-corrected chi connectivity index (χ0v) is 39.5. The number of nitrogens with one attached hydrogen (secondary N) is 6. The third-order valence-corrected chi connectivity index (χ3v) is 15.1. The van der Waals surface area contributed by atoms with Gasteiger partial charge in [-0.2, -0.15) is 25.9 Å². The number of amides is 4. The number of hydrogen-bond acceptors (Lipinski definition) is 21. The standard InChI is InChI=1S/C37H61N11O16P2S/c1-2-60-65(55,47-34(52)22-7-5-11-39-22)62-19-24-30(51)31(35(63-24)48-33-29(46-37(48)54)32(38)42-21-43-33)64-66(56,57)61-18-17-59-16-15-58-14-13-41-27(50)10-6-12-40-26(49)9-4-3-8-25-28-23(20-67-25)44-36(53)45-28/h21-25,28,30-31,35,39,51H,2-20H2,1H3,(H,40,49)(H,41,50)(H,46,54)(H,56,57)(H2,38,42,43)(H2,44,45,53)(H,47,52,55)/p-1/t22-,23-,24+,25-,28-,30+,31+,35+,65?/m0/s1. The van der Waals surface area contributed by atoms with Gasteiger partial charge in [0, 0.05) is 30.5 Å². The number of phosphoric ester groups is 1. The van der Waals surface area contributed by atoms with Crippen molar-refractivity contribution in [3.8, 4) is 0 Å². The van der Waals surface area contributed by atoms with Gasteiger partial charge in [0.2, 0.25) is 5.91 Å². The van der Waals surface area contributed by atoms with Gasteiger partial charge in [-0.3, -0.25) is 18.6 Å². The van der Waals surface area contributed by atoms with Gasteiger partial charge in [-0.15, -0.1) is 0 Å². The van der Waals surface area contributed by atoms with Crippen molar-refractivity contribution in [3.05, 3.63) is 16.8 Å². The first kappa shape index (κ1) is 52.8. The van der Waals surface area contributed by atoms with Gasteiger partial charge in [0.15, 0.2) is 17.7 Å². The number of carbonyl (C=O) groups excluding carboxylic acids is 3. The van der Waals surface area contributed by atoms with Crippen molar-refractivity contribution in [1.82, 2.24) is 45.9 Å². The van der Waals surface area contributed by atoms with Crippen LogP contribution in [0, 0.1) is 0 Å². The lowest BCUT2D eigenvalue weighted by Gasteiger charge is -2.28. The van der Waals surface area contributed by atoms with Gasteiger partial charge in [0.1, 0.15) is 36.8 Å². The van der Waals surface area contributed by atoms with Crippen molar-refractivity contribution >= 4 is 68.4 Å². The highest BCUT2D eigenvalue weighted by atomic mass is 32.2. The second-order valence-electron chi connectivity index (χ2n) is 15.8. The number of unbranched alkanes of at least 4 members (excludes halogenated alkanes) is 1. The minimum absolute atomic E-state index is 0.00648. The summed E-state index contributed by atoms with van der Waals surface area (Å²) in [4.78, 5) is 88.3. The van der Waals surface area contributed by atoms with E-state index in [4.69, 9.17) is 38.0 Å². The molecule has 4 aliphatic rings. The van der Waals surface area contributed by atoms with Gasteiger partial charge >= 0.3 is 27.6 Å². The molecule has 6 heterocycles. The van der Waals surface area contributed by atoms with E-state index in [2.05, 4.69) is 46.3 Å². The van der Waals surface area contributed by atoms with Crippen LogP contribution in [0.3, 0.4) is 0 Å². The molecule has 0 saturated carbocycles. The number of aliphatic hydroxyl groups is 1. The molecule has 0 aliphatic carbocycles. The summed E-state index contributed by atoms with van der Waals surface area (Å²) in [7, 11) is -9.35. The molecule has 10 atom stereocenters. The Balaban J connectivity index is 0.863. The number of carbonyl (C=O) groups is 3. The first-order chi connectivity index (χ1) is 32.2. The Kier molecular flexibility index (Phi) is 19.9. The lowest BCUT2D eigenvalue weighted by atomic mass is 10.0. The third-order valence-electron chi connectivity index (χ3n) is 11.0. The van der Waals surface area contributed by atoms with E-state index in [-0.39, 0.29) is 99.4 Å². The number of anilines is 1. The largest absolute Gasteiger partial charge is 0.862 e. The van der Waals surface area contributed by atoms with Crippen molar-refractivity contribution in [2.75, 3.05) is 77.4 Å². The molecule has 0 radical (unpaired) electrons. The minimum Gasteiger partial charge on any atom is -0.862 e. The number of H-pyrrole nitrogens is 1. The number of nitrogens with zero attached hydrogens (tertiary/aromatic N) is 4. The summed E-state index contributed by atoms with van der Waals surface area (Å²) in [6.45, 7) is 1.53. The molecular weight excluding hydrogens is 948 g/mol. The summed E-state index contributed by atoms with van der Waals surface area (Å²) in [5.74, 6) is -0.217. The van der Waals surface area contributed by atoms with Gasteiger partial charge in [0.05, 0.1) is 57.8 Å². The molecule has 30 heteroatoms. The van der Waals surface area contributed by atoms with Crippen LogP contribution in [0.2, 0.25) is 0 Å². The number of ether oxygens (including phenoxy) is 3. The monoisotopic (exact) mass is 1010 g/mol. The van der Waals surface area contributed by atoms with Gasteiger partial charge in [-0.1, -0.05) is 6.42 Å². The summed E-state index contributed by atoms with van der Waals surface area (Å²) in [5, 5.41) is 37.7. The van der Waals surface area contributed by atoms with E-state index in [0.717, 1.165) is 42.3 Å². The summed E-state index contributed by atoms with van der Waals surface area (Å²) in [5.41, 5.74) is 4.96. The molecule has 0 spiro atoms. The topological polar surface area (TPSA) is 382 Å². The van der Waals surface area contributed by atoms with Gasteiger partial charge in [0.25, 0.3) is 5.91 Å². The Hall–Kier alpha value is -3.60. The molecule has 4 fully saturated rings. The minimum atomic E-state index is -5.03. The predicted octanol–water partition coefficient (Wildman–Crippen LogP) is -2.16. The number of rotatable bonds is 29.